The highest BCUT2D eigenvalue weighted by Crippen LogP contribution is 2.29. The second-order valence-electron chi connectivity index (χ2n) is 5.08. The fraction of sp³-hybridized carbons (Fsp3) is 0.357. The fourth-order valence-corrected chi connectivity index (χ4v) is 2.95. The van der Waals surface area contributed by atoms with Gasteiger partial charge in [-0.15, -0.1) is 0 Å². The Morgan fingerprint density at radius 1 is 1.24 bits per heavy atom. The Kier molecular flexibility index (Phi) is 4.12. The Bertz CT molecular complexity index is 649. The van der Waals surface area contributed by atoms with Crippen molar-refractivity contribution >= 4 is 34.8 Å². The second-order valence-corrected chi connectivity index (χ2v) is 5.92. The number of aryl methyl sites for hydroxylation is 1. The van der Waals surface area contributed by atoms with Crippen LogP contribution in [0.25, 0.3) is 0 Å². The summed E-state index contributed by atoms with van der Waals surface area (Å²) in [7, 11) is 0. The number of halogens is 2. The van der Waals surface area contributed by atoms with Gasteiger partial charge in [0.25, 0.3) is 0 Å². The van der Waals surface area contributed by atoms with Gasteiger partial charge in [-0.3, -0.25) is 0 Å². The average Bonchev–Trinajstić information content (AvgIpc) is 2.87. The van der Waals surface area contributed by atoms with Crippen molar-refractivity contribution in [1.29, 1.82) is 0 Å². The van der Waals surface area contributed by atoms with E-state index in [9.17, 15) is 0 Å². The summed E-state index contributed by atoms with van der Waals surface area (Å²) in [6.07, 6.45) is 4.20. The minimum Gasteiger partial charge on any atom is -0.365 e. The summed E-state index contributed by atoms with van der Waals surface area (Å²) in [4.78, 5) is 14.8. The van der Waals surface area contributed by atoms with E-state index in [4.69, 9.17) is 23.2 Å². The molecular formula is C14H15Cl2N5. The molecule has 7 heteroatoms. The first-order valence-electron chi connectivity index (χ1n) is 6.73. The molecule has 1 atom stereocenters. The van der Waals surface area contributed by atoms with Crippen LogP contribution in [0.1, 0.15) is 12.1 Å². The summed E-state index contributed by atoms with van der Waals surface area (Å²) < 4.78 is 0. The normalized spacial score (nSPS) is 18.0. The molecule has 110 valence electrons. The minimum absolute atomic E-state index is 0.313. The van der Waals surface area contributed by atoms with Gasteiger partial charge < -0.3 is 10.2 Å². The molecule has 0 saturated carbocycles. The Balaban J connectivity index is 1.68. The Labute approximate surface area is 133 Å². The Morgan fingerprint density at radius 3 is 2.86 bits per heavy atom. The van der Waals surface area contributed by atoms with Crippen LogP contribution in [0.15, 0.2) is 24.7 Å². The molecule has 1 N–H and O–H groups in total. The summed E-state index contributed by atoms with van der Waals surface area (Å²) in [5, 5.41) is 4.56. The van der Waals surface area contributed by atoms with Crippen molar-refractivity contribution in [3.05, 3.63) is 40.4 Å². The molecule has 1 saturated heterocycles. The number of hydrogen-bond donors (Lipinski definition) is 1. The fourth-order valence-electron chi connectivity index (χ4n) is 2.45. The van der Waals surface area contributed by atoms with E-state index in [2.05, 4.69) is 25.2 Å². The molecular weight excluding hydrogens is 309 g/mol. The lowest BCUT2D eigenvalue weighted by Gasteiger charge is -2.19. The lowest BCUT2D eigenvalue weighted by molar-refractivity contribution is 0.797. The van der Waals surface area contributed by atoms with Crippen molar-refractivity contribution in [2.45, 2.75) is 19.4 Å². The van der Waals surface area contributed by atoms with E-state index >= 15 is 0 Å². The van der Waals surface area contributed by atoms with Crippen LogP contribution in [-0.4, -0.2) is 34.1 Å². The molecule has 3 rings (SSSR count). The molecule has 0 bridgehead atoms. The summed E-state index contributed by atoms with van der Waals surface area (Å²) in [6, 6.07) is 3.98. The van der Waals surface area contributed by atoms with Gasteiger partial charge in [-0.05, 0) is 19.4 Å². The van der Waals surface area contributed by atoms with Crippen LogP contribution in [0.3, 0.4) is 0 Å². The van der Waals surface area contributed by atoms with E-state index in [0.29, 0.717) is 16.1 Å². The second kappa shape index (κ2) is 6.03. The van der Waals surface area contributed by atoms with Gasteiger partial charge in [0, 0.05) is 37.1 Å². The highest BCUT2D eigenvalue weighted by Gasteiger charge is 2.25. The first kappa shape index (κ1) is 14.4. The molecule has 2 aromatic heterocycles. The van der Waals surface area contributed by atoms with Crippen molar-refractivity contribution in [2.75, 3.05) is 23.3 Å². The smallest absolute Gasteiger partial charge is 0.147 e. The zero-order chi connectivity index (χ0) is 14.8. The van der Waals surface area contributed by atoms with Crippen LogP contribution in [0.4, 0.5) is 11.6 Å². The number of pyridine rings is 1. The number of rotatable bonds is 3. The van der Waals surface area contributed by atoms with Crippen LogP contribution in [0.2, 0.25) is 10.0 Å². The van der Waals surface area contributed by atoms with Gasteiger partial charge in [0.15, 0.2) is 0 Å². The standard InChI is InChI=1S/C14H15Cl2N5/c1-9-4-13(19-8-18-9)20-11-2-3-21(7-11)14-12(16)5-10(15)6-17-14/h4-6,8,11H,2-3,7H2,1H3,(H,18,19,20). The summed E-state index contributed by atoms with van der Waals surface area (Å²) in [5.74, 6) is 1.63. The number of nitrogens with zero attached hydrogens (tertiary/aromatic N) is 4. The summed E-state index contributed by atoms with van der Waals surface area (Å²) in [6.45, 7) is 3.68. The third kappa shape index (κ3) is 3.36. The van der Waals surface area contributed by atoms with Crippen molar-refractivity contribution in [3.8, 4) is 0 Å². The maximum absolute atomic E-state index is 6.21. The molecule has 2 aromatic rings. The number of aromatic nitrogens is 3. The Hall–Kier alpha value is -1.59. The zero-order valence-electron chi connectivity index (χ0n) is 11.6. The molecule has 0 aliphatic carbocycles. The molecule has 1 fully saturated rings. The molecule has 1 unspecified atom stereocenters. The molecule has 5 nitrogen and oxygen atoms in total. The zero-order valence-corrected chi connectivity index (χ0v) is 13.1. The van der Waals surface area contributed by atoms with Gasteiger partial charge in [-0.2, -0.15) is 0 Å². The van der Waals surface area contributed by atoms with E-state index in [1.54, 1.807) is 18.6 Å². The number of anilines is 2. The lowest BCUT2D eigenvalue weighted by atomic mass is 10.2. The van der Waals surface area contributed by atoms with Gasteiger partial charge in [0.05, 0.1) is 10.0 Å². The largest absolute Gasteiger partial charge is 0.365 e. The topological polar surface area (TPSA) is 53.9 Å². The highest BCUT2D eigenvalue weighted by atomic mass is 35.5. The van der Waals surface area contributed by atoms with E-state index in [1.165, 1.54) is 0 Å². The SMILES string of the molecule is Cc1cc(NC2CCN(c3ncc(Cl)cc3Cl)C2)ncn1. The van der Waals surface area contributed by atoms with Crippen LogP contribution in [0, 0.1) is 6.92 Å². The van der Waals surface area contributed by atoms with E-state index in [0.717, 1.165) is 36.8 Å². The Morgan fingerprint density at radius 2 is 2.10 bits per heavy atom. The number of hydrogen-bond acceptors (Lipinski definition) is 5. The van der Waals surface area contributed by atoms with E-state index in [-0.39, 0.29) is 0 Å². The molecule has 3 heterocycles. The van der Waals surface area contributed by atoms with Gasteiger partial charge in [0.1, 0.15) is 18.0 Å². The monoisotopic (exact) mass is 323 g/mol. The van der Waals surface area contributed by atoms with Crippen LogP contribution in [-0.2, 0) is 0 Å². The molecule has 21 heavy (non-hydrogen) atoms. The first-order chi connectivity index (χ1) is 10.1. The van der Waals surface area contributed by atoms with E-state index < -0.39 is 0 Å². The molecule has 1 aliphatic heterocycles. The van der Waals surface area contributed by atoms with Crippen molar-refractivity contribution < 1.29 is 0 Å². The number of nitrogens with one attached hydrogen (secondary N) is 1. The maximum Gasteiger partial charge on any atom is 0.147 e. The maximum atomic E-state index is 6.21. The van der Waals surface area contributed by atoms with Crippen LogP contribution in [0.5, 0.6) is 0 Å². The van der Waals surface area contributed by atoms with Crippen molar-refractivity contribution in [1.82, 2.24) is 15.0 Å². The first-order valence-corrected chi connectivity index (χ1v) is 7.48. The highest BCUT2D eigenvalue weighted by molar-refractivity contribution is 6.36. The minimum atomic E-state index is 0.313. The predicted octanol–water partition coefficient (Wildman–Crippen LogP) is 3.18. The van der Waals surface area contributed by atoms with Crippen LogP contribution < -0.4 is 10.2 Å². The van der Waals surface area contributed by atoms with Gasteiger partial charge >= 0.3 is 0 Å². The molecule has 0 spiro atoms. The summed E-state index contributed by atoms with van der Waals surface area (Å²) >= 11 is 12.1. The lowest BCUT2D eigenvalue weighted by Crippen LogP contribution is -2.27. The molecule has 0 aromatic carbocycles. The van der Waals surface area contributed by atoms with Crippen LogP contribution >= 0.6 is 23.2 Å². The van der Waals surface area contributed by atoms with Gasteiger partial charge in [-0.1, -0.05) is 23.2 Å². The van der Waals surface area contributed by atoms with E-state index in [1.807, 2.05) is 13.0 Å². The quantitative estimate of drug-likeness (QED) is 0.940. The third-order valence-electron chi connectivity index (χ3n) is 3.43. The average molecular weight is 324 g/mol. The predicted molar refractivity (Wildman–Crippen MR) is 85.3 cm³/mol. The third-order valence-corrected chi connectivity index (χ3v) is 3.92. The molecule has 0 radical (unpaired) electrons. The summed E-state index contributed by atoms with van der Waals surface area (Å²) in [5.41, 5.74) is 0.949. The van der Waals surface area contributed by atoms with Gasteiger partial charge in [-0.25, -0.2) is 15.0 Å². The van der Waals surface area contributed by atoms with Gasteiger partial charge in [0.2, 0.25) is 0 Å². The van der Waals surface area contributed by atoms with Crippen molar-refractivity contribution in [2.24, 2.45) is 0 Å². The van der Waals surface area contributed by atoms with Crippen molar-refractivity contribution in [3.63, 3.8) is 0 Å². The molecule has 1 aliphatic rings. The molecule has 0 amide bonds.